The standard InChI is InChI=1S/C15H24N2O3S2/c1-12(2)15(18)16-9-8-13-6-3-4-10-17(13)22(19,20)14-7-5-11-21-14/h5,7,11-13H,3-4,6,8-10H2,1-2H3,(H,16,18). The lowest BCUT2D eigenvalue weighted by molar-refractivity contribution is -0.124. The van der Waals surface area contributed by atoms with E-state index in [1.165, 1.54) is 11.3 Å². The van der Waals surface area contributed by atoms with Gasteiger partial charge in [-0.05, 0) is 30.7 Å². The molecular weight excluding hydrogens is 320 g/mol. The van der Waals surface area contributed by atoms with E-state index in [0.717, 1.165) is 19.3 Å². The van der Waals surface area contributed by atoms with Crippen LogP contribution in [0.4, 0.5) is 0 Å². The minimum Gasteiger partial charge on any atom is -0.356 e. The molecule has 1 aliphatic heterocycles. The number of nitrogens with one attached hydrogen (secondary N) is 1. The van der Waals surface area contributed by atoms with Crippen LogP contribution >= 0.6 is 11.3 Å². The second kappa shape index (κ2) is 7.57. The quantitative estimate of drug-likeness (QED) is 0.862. The summed E-state index contributed by atoms with van der Waals surface area (Å²) < 4.78 is 27.5. The van der Waals surface area contributed by atoms with Crippen molar-refractivity contribution in [3.63, 3.8) is 0 Å². The van der Waals surface area contributed by atoms with Crippen molar-refractivity contribution >= 4 is 27.3 Å². The van der Waals surface area contributed by atoms with Crippen LogP contribution in [0.2, 0.25) is 0 Å². The molecule has 1 aromatic heterocycles. The average Bonchev–Trinajstić information content (AvgIpc) is 3.02. The first kappa shape index (κ1) is 17.4. The summed E-state index contributed by atoms with van der Waals surface area (Å²) in [5.74, 6) is -0.0271. The van der Waals surface area contributed by atoms with Gasteiger partial charge in [0.1, 0.15) is 4.21 Å². The highest BCUT2D eigenvalue weighted by Gasteiger charge is 2.33. The van der Waals surface area contributed by atoms with Gasteiger partial charge in [0, 0.05) is 25.0 Å². The molecule has 5 nitrogen and oxygen atoms in total. The highest BCUT2D eigenvalue weighted by molar-refractivity contribution is 7.91. The van der Waals surface area contributed by atoms with Crippen LogP contribution in [0, 0.1) is 5.92 Å². The summed E-state index contributed by atoms with van der Waals surface area (Å²) in [5.41, 5.74) is 0. The molecule has 0 bridgehead atoms. The number of thiophene rings is 1. The molecule has 2 rings (SSSR count). The molecular formula is C15H24N2O3S2. The van der Waals surface area contributed by atoms with E-state index in [1.807, 2.05) is 13.8 Å². The highest BCUT2D eigenvalue weighted by Crippen LogP contribution is 2.28. The van der Waals surface area contributed by atoms with E-state index in [9.17, 15) is 13.2 Å². The zero-order chi connectivity index (χ0) is 16.2. The Hall–Kier alpha value is -0.920. The minimum atomic E-state index is -3.40. The number of amides is 1. The Labute approximate surface area is 136 Å². The number of carbonyl (C=O) groups excluding carboxylic acids is 1. The zero-order valence-electron chi connectivity index (χ0n) is 13.1. The predicted octanol–water partition coefficient (Wildman–Crippen LogP) is 2.45. The summed E-state index contributed by atoms with van der Waals surface area (Å²) in [4.78, 5) is 11.6. The van der Waals surface area contributed by atoms with Crippen LogP contribution in [0.3, 0.4) is 0 Å². The van der Waals surface area contributed by atoms with E-state index < -0.39 is 10.0 Å². The van der Waals surface area contributed by atoms with Crippen LogP contribution in [0.25, 0.3) is 0 Å². The van der Waals surface area contributed by atoms with E-state index in [0.29, 0.717) is 23.7 Å². The third-order valence-electron chi connectivity index (χ3n) is 3.93. The Balaban J connectivity index is 2.01. The molecule has 0 saturated carbocycles. The molecule has 2 heterocycles. The third-order valence-corrected chi connectivity index (χ3v) is 7.26. The fourth-order valence-electron chi connectivity index (χ4n) is 2.67. The zero-order valence-corrected chi connectivity index (χ0v) is 14.8. The van der Waals surface area contributed by atoms with E-state index >= 15 is 0 Å². The van der Waals surface area contributed by atoms with E-state index in [1.54, 1.807) is 21.8 Å². The first-order valence-electron chi connectivity index (χ1n) is 7.76. The smallest absolute Gasteiger partial charge is 0.252 e. The maximum absolute atomic E-state index is 12.7. The van der Waals surface area contributed by atoms with Crippen LogP contribution in [0.15, 0.2) is 21.7 Å². The molecule has 0 aliphatic carbocycles. The van der Waals surface area contributed by atoms with Gasteiger partial charge in [0.05, 0.1) is 0 Å². The van der Waals surface area contributed by atoms with Gasteiger partial charge < -0.3 is 5.32 Å². The molecule has 124 valence electrons. The van der Waals surface area contributed by atoms with Crippen molar-refractivity contribution < 1.29 is 13.2 Å². The second-order valence-corrected chi connectivity index (χ2v) is 9.00. The number of piperidine rings is 1. The van der Waals surface area contributed by atoms with Crippen LogP contribution in [-0.4, -0.2) is 37.8 Å². The molecule has 1 aliphatic rings. The van der Waals surface area contributed by atoms with Gasteiger partial charge in [-0.25, -0.2) is 8.42 Å². The molecule has 1 amide bonds. The van der Waals surface area contributed by atoms with Gasteiger partial charge >= 0.3 is 0 Å². The molecule has 1 fully saturated rings. The Morgan fingerprint density at radius 3 is 2.86 bits per heavy atom. The van der Waals surface area contributed by atoms with E-state index in [2.05, 4.69) is 5.32 Å². The summed E-state index contributed by atoms with van der Waals surface area (Å²) in [6.45, 7) is 4.80. The van der Waals surface area contributed by atoms with Crippen molar-refractivity contribution in [3.05, 3.63) is 17.5 Å². The summed E-state index contributed by atoms with van der Waals surface area (Å²) in [5, 5.41) is 4.66. The highest BCUT2D eigenvalue weighted by atomic mass is 32.2. The van der Waals surface area contributed by atoms with Crippen molar-refractivity contribution in [2.24, 2.45) is 5.92 Å². The minimum absolute atomic E-state index is 0.0171. The number of sulfonamides is 1. The Morgan fingerprint density at radius 1 is 1.45 bits per heavy atom. The number of nitrogens with zero attached hydrogens (tertiary/aromatic N) is 1. The maximum Gasteiger partial charge on any atom is 0.252 e. The number of hydrogen-bond donors (Lipinski definition) is 1. The number of rotatable bonds is 6. The van der Waals surface area contributed by atoms with Gasteiger partial charge in [-0.3, -0.25) is 4.79 Å². The van der Waals surface area contributed by atoms with Gasteiger partial charge in [-0.1, -0.05) is 26.3 Å². The Kier molecular flexibility index (Phi) is 6.00. The first-order valence-corrected chi connectivity index (χ1v) is 10.1. The fourth-order valence-corrected chi connectivity index (χ4v) is 5.51. The van der Waals surface area contributed by atoms with Crippen molar-refractivity contribution in [2.45, 2.75) is 49.8 Å². The summed E-state index contributed by atoms with van der Waals surface area (Å²) in [6.07, 6.45) is 3.48. The first-order chi connectivity index (χ1) is 10.4. The summed E-state index contributed by atoms with van der Waals surface area (Å²) in [6, 6.07) is 3.40. The van der Waals surface area contributed by atoms with Crippen LogP contribution < -0.4 is 5.32 Å². The SMILES string of the molecule is CC(C)C(=O)NCCC1CCCCN1S(=O)(=O)c1cccs1. The largest absolute Gasteiger partial charge is 0.356 e. The second-order valence-electron chi connectivity index (χ2n) is 5.93. The molecule has 1 unspecified atom stereocenters. The molecule has 1 atom stereocenters. The van der Waals surface area contributed by atoms with Crippen LogP contribution in [0.1, 0.15) is 39.5 Å². The van der Waals surface area contributed by atoms with Crippen LogP contribution in [0.5, 0.6) is 0 Å². The molecule has 1 aromatic rings. The predicted molar refractivity (Wildman–Crippen MR) is 88.3 cm³/mol. The van der Waals surface area contributed by atoms with E-state index in [-0.39, 0.29) is 17.9 Å². The van der Waals surface area contributed by atoms with Gasteiger partial charge in [0.25, 0.3) is 10.0 Å². The number of carbonyl (C=O) groups is 1. The molecule has 0 spiro atoms. The summed E-state index contributed by atoms with van der Waals surface area (Å²) in [7, 11) is -3.40. The lowest BCUT2D eigenvalue weighted by atomic mass is 10.0. The topological polar surface area (TPSA) is 66.5 Å². The van der Waals surface area contributed by atoms with Gasteiger partial charge in [-0.2, -0.15) is 4.31 Å². The molecule has 1 saturated heterocycles. The Morgan fingerprint density at radius 2 is 2.23 bits per heavy atom. The fraction of sp³-hybridized carbons (Fsp3) is 0.667. The van der Waals surface area contributed by atoms with Gasteiger partial charge in [0.15, 0.2) is 0 Å². The van der Waals surface area contributed by atoms with E-state index in [4.69, 9.17) is 0 Å². The molecule has 22 heavy (non-hydrogen) atoms. The van der Waals surface area contributed by atoms with Gasteiger partial charge in [-0.15, -0.1) is 11.3 Å². The lowest BCUT2D eigenvalue weighted by Crippen LogP contribution is -2.45. The van der Waals surface area contributed by atoms with Crippen molar-refractivity contribution in [3.8, 4) is 0 Å². The monoisotopic (exact) mass is 344 g/mol. The van der Waals surface area contributed by atoms with Gasteiger partial charge in [0.2, 0.25) is 5.91 Å². The molecule has 0 aromatic carbocycles. The molecule has 7 heteroatoms. The normalized spacial score (nSPS) is 20.2. The van der Waals surface area contributed by atoms with Crippen molar-refractivity contribution in [1.82, 2.24) is 9.62 Å². The number of hydrogen-bond acceptors (Lipinski definition) is 4. The lowest BCUT2D eigenvalue weighted by Gasteiger charge is -2.34. The average molecular weight is 345 g/mol. The van der Waals surface area contributed by atoms with Crippen molar-refractivity contribution in [1.29, 1.82) is 0 Å². The third kappa shape index (κ3) is 4.08. The molecule has 1 N–H and O–H groups in total. The molecule has 0 radical (unpaired) electrons. The van der Waals surface area contributed by atoms with Crippen LogP contribution in [-0.2, 0) is 14.8 Å². The van der Waals surface area contributed by atoms with Crippen molar-refractivity contribution in [2.75, 3.05) is 13.1 Å². The Bertz CT molecular complexity index is 582. The summed E-state index contributed by atoms with van der Waals surface area (Å²) >= 11 is 1.26. The maximum atomic E-state index is 12.7.